The van der Waals surface area contributed by atoms with Gasteiger partial charge in [-0.2, -0.15) is 0 Å². The van der Waals surface area contributed by atoms with Crippen LogP contribution in [0.4, 0.5) is 16.2 Å². The molecule has 5 nitrogen and oxygen atoms in total. The summed E-state index contributed by atoms with van der Waals surface area (Å²) in [6, 6.07) is 19.0. The normalized spacial score (nSPS) is 14.8. The minimum absolute atomic E-state index is 0.0276. The van der Waals surface area contributed by atoms with E-state index in [0.717, 1.165) is 42.9 Å². The number of nitrogens with one attached hydrogen (secondary N) is 2. The molecule has 2 N–H and O–H groups in total. The number of urea groups is 1. The molecular formula is C21H28N4O. The zero-order chi connectivity index (χ0) is 18.4. The number of carbonyl (C=O) groups excluding carboxylic acids is 1. The second kappa shape index (κ2) is 8.61. The number of carbonyl (C=O) groups is 1. The molecule has 0 radical (unpaired) electrons. The maximum Gasteiger partial charge on any atom is 0.317 e. The molecule has 2 aromatic rings. The van der Waals surface area contributed by atoms with Crippen LogP contribution in [0.1, 0.15) is 18.4 Å². The van der Waals surface area contributed by atoms with Crippen molar-refractivity contribution in [3.8, 4) is 0 Å². The van der Waals surface area contributed by atoms with Gasteiger partial charge in [-0.05, 0) is 42.7 Å². The largest absolute Gasteiger partial charge is 0.382 e. The quantitative estimate of drug-likeness (QED) is 0.865. The van der Waals surface area contributed by atoms with Crippen LogP contribution in [0.15, 0.2) is 54.6 Å². The van der Waals surface area contributed by atoms with Crippen molar-refractivity contribution < 1.29 is 4.79 Å². The topological polar surface area (TPSA) is 47.6 Å². The van der Waals surface area contributed by atoms with Gasteiger partial charge < -0.3 is 20.4 Å². The fourth-order valence-electron chi connectivity index (χ4n) is 3.20. The fourth-order valence-corrected chi connectivity index (χ4v) is 3.20. The van der Waals surface area contributed by atoms with E-state index < -0.39 is 0 Å². The van der Waals surface area contributed by atoms with Crippen molar-refractivity contribution in [2.24, 2.45) is 0 Å². The third-order valence-electron chi connectivity index (χ3n) is 4.82. The monoisotopic (exact) mass is 352 g/mol. The van der Waals surface area contributed by atoms with E-state index in [-0.39, 0.29) is 6.03 Å². The molecule has 0 bridgehead atoms. The Hall–Kier alpha value is -2.69. The van der Waals surface area contributed by atoms with Gasteiger partial charge in [0.05, 0.1) is 0 Å². The van der Waals surface area contributed by atoms with Crippen molar-refractivity contribution in [1.29, 1.82) is 0 Å². The number of nitrogens with zero attached hydrogens (tertiary/aromatic N) is 2. The number of benzene rings is 2. The summed E-state index contributed by atoms with van der Waals surface area (Å²) in [7, 11) is 4.04. The summed E-state index contributed by atoms with van der Waals surface area (Å²) in [5.74, 6) is 0. The van der Waals surface area contributed by atoms with Crippen LogP contribution in [0.25, 0.3) is 0 Å². The zero-order valence-electron chi connectivity index (χ0n) is 15.6. The molecule has 1 fully saturated rings. The van der Waals surface area contributed by atoms with Crippen LogP contribution in [-0.2, 0) is 6.54 Å². The molecule has 0 atom stereocenters. The highest BCUT2D eigenvalue weighted by atomic mass is 16.2. The molecule has 3 rings (SSSR count). The minimum atomic E-state index is 0.0276. The number of hydrogen-bond donors (Lipinski definition) is 2. The average molecular weight is 352 g/mol. The van der Waals surface area contributed by atoms with E-state index >= 15 is 0 Å². The lowest BCUT2D eigenvalue weighted by Crippen LogP contribution is -2.46. The summed E-state index contributed by atoms with van der Waals surface area (Å²) >= 11 is 0. The SMILES string of the molecule is CN(C)c1ccc(CNC(=O)N2CCC(Nc3ccccc3)CC2)cc1. The number of anilines is 2. The summed E-state index contributed by atoms with van der Waals surface area (Å²) < 4.78 is 0. The molecule has 0 aliphatic carbocycles. The summed E-state index contributed by atoms with van der Waals surface area (Å²) in [5, 5.41) is 6.59. The molecule has 0 unspecified atom stereocenters. The smallest absolute Gasteiger partial charge is 0.317 e. The second-order valence-electron chi connectivity index (χ2n) is 6.99. The predicted molar refractivity (Wildman–Crippen MR) is 108 cm³/mol. The van der Waals surface area contributed by atoms with Gasteiger partial charge in [-0.3, -0.25) is 0 Å². The van der Waals surface area contributed by atoms with Gasteiger partial charge in [0.15, 0.2) is 0 Å². The molecule has 1 saturated heterocycles. The van der Waals surface area contributed by atoms with Gasteiger partial charge in [-0.25, -0.2) is 4.79 Å². The molecule has 0 saturated carbocycles. The average Bonchev–Trinajstić information content (AvgIpc) is 2.68. The molecule has 1 aliphatic heterocycles. The second-order valence-corrected chi connectivity index (χ2v) is 6.99. The first-order chi connectivity index (χ1) is 12.6. The molecule has 0 spiro atoms. The summed E-state index contributed by atoms with van der Waals surface area (Å²) in [6.45, 7) is 2.14. The molecule has 26 heavy (non-hydrogen) atoms. The van der Waals surface area contributed by atoms with Crippen LogP contribution in [0, 0.1) is 0 Å². The Balaban J connectivity index is 1.42. The van der Waals surface area contributed by atoms with Gasteiger partial charge in [0, 0.05) is 51.1 Å². The lowest BCUT2D eigenvalue weighted by atomic mass is 10.0. The van der Waals surface area contributed by atoms with Gasteiger partial charge in [0.1, 0.15) is 0 Å². The number of likely N-dealkylation sites (tertiary alicyclic amines) is 1. The number of para-hydroxylation sites is 1. The van der Waals surface area contributed by atoms with Crippen molar-refractivity contribution in [2.75, 3.05) is 37.4 Å². The van der Waals surface area contributed by atoms with Crippen molar-refractivity contribution in [3.63, 3.8) is 0 Å². The number of piperidine rings is 1. The molecule has 5 heteroatoms. The molecule has 0 aromatic heterocycles. The Morgan fingerprint density at radius 2 is 1.69 bits per heavy atom. The molecule has 1 heterocycles. The van der Waals surface area contributed by atoms with Crippen molar-refractivity contribution >= 4 is 17.4 Å². The highest BCUT2D eigenvalue weighted by Crippen LogP contribution is 2.17. The van der Waals surface area contributed by atoms with Crippen LogP contribution < -0.4 is 15.5 Å². The summed E-state index contributed by atoms with van der Waals surface area (Å²) in [6.07, 6.45) is 1.94. The van der Waals surface area contributed by atoms with Crippen LogP contribution in [-0.4, -0.2) is 44.2 Å². The lowest BCUT2D eigenvalue weighted by molar-refractivity contribution is 0.183. The van der Waals surface area contributed by atoms with E-state index in [9.17, 15) is 4.79 Å². The Morgan fingerprint density at radius 1 is 1.04 bits per heavy atom. The fraction of sp³-hybridized carbons (Fsp3) is 0.381. The van der Waals surface area contributed by atoms with E-state index in [1.165, 1.54) is 0 Å². The molecule has 138 valence electrons. The van der Waals surface area contributed by atoms with Gasteiger partial charge in [-0.15, -0.1) is 0 Å². The molecule has 1 aliphatic rings. The summed E-state index contributed by atoms with van der Waals surface area (Å²) in [5.41, 5.74) is 3.43. The Bertz CT molecular complexity index is 692. The number of rotatable bonds is 5. The first-order valence-corrected chi connectivity index (χ1v) is 9.22. The van der Waals surface area contributed by atoms with Gasteiger partial charge >= 0.3 is 6.03 Å². The first-order valence-electron chi connectivity index (χ1n) is 9.22. The van der Waals surface area contributed by atoms with Crippen LogP contribution >= 0.6 is 0 Å². The van der Waals surface area contributed by atoms with Crippen LogP contribution in [0.3, 0.4) is 0 Å². The first kappa shape index (κ1) is 18.1. The highest BCUT2D eigenvalue weighted by Gasteiger charge is 2.22. The third kappa shape index (κ3) is 4.91. The Labute approximate surface area is 156 Å². The van der Waals surface area contributed by atoms with Gasteiger partial charge in [0.2, 0.25) is 0 Å². The van der Waals surface area contributed by atoms with Crippen molar-refractivity contribution in [1.82, 2.24) is 10.2 Å². The van der Waals surface area contributed by atoms with Gasteiger partial charge in [-0.1, -0.05) is 30.3 Å². The molecule has 2 amide bonds. The summed E-state index contributed by atoms with van der Waals surface area (Å²) in [4.78, 5) is 16.4. The third-order valence-corrected chi connectivity index (χ3v) is 4.82. The zero-order valence-corrected chi connectivity index (χ0v) is 15.6. The minimum Gasteiger partial charge on any atom is -0.382 e. The van der Waals surface area contributed by atoms with E-state index in [1.807, 2.05) is 37.2 Å². The number of amides is 2. The maximum absolute atomic E-state index is 12.4. The molecular weight excluding hydrogens is 324 g/mol. The van der Waals surface area contributed by atoms with Crippen molar-refractivity contribution in [3.05, 3.63) is 60.2 Å². The van der Waals surface area contributed by atoms with E-state index in [4.69, 9.17) is 0 Å². The molecule has 2 aromatic carbocycles. The van der Waals surface area contributed by atoms with E-state index in [0.29, 0.717) is 12.6 Å². The van der Waals surface area contributed by atoms with Crippen LogP contribution in [0.5, 0.6) is 0 Å². The Kier molecular flexibility index (Phi) is 6.00. The van der Waals surface area contributed by atoms with Gasteiger partial charge in [0.25, 0.3) is 0 Å². The highest BCUT2D eigenvalue weighted by molar-refractivity contribution is 5.74. The predicted octanol–water partition coefficient (Wildman–Crippen LogP) is 3.54. The maximum atomic E-state index is 12.4. The van der Waals surface area contributed by atoms with Crippen molar-refractivity contribution in [2.45, 2.75) is 25.4 Å². The van der Waals surface area contributed by atoms with E-state index in [1.54, 1.807) is 0 Å². The lowest BCUT2D eigenvalue weighted by Gasteiger charge is -2.33. The standard InChI is InChI=1S/C21H28N4O/c1-24(2)20-10-8-17(9-11-20)16-22-21(26)25-14-12-19(13-15-25)23-18-6-4-3-5-7-18/h3-11,19,23H,12-16H2,1-2H3,(H,22,26). The Morgan fingerprint density at radius 3 is 2.31 bits per heavy atom. The van der Waals surface area contributed by atoms with E-state index in [2.05, 4.69) is 51.9 Å². The number of hydrogen-bond acceptors (Lipinski definition) is 3. The van der Waals surface area contributed by atoms with Crippen LogP contribution in [0.2, 0.25) is 0 Å².